The summed E-state index contributed by atoms with van der Waals surface area (Å²) in [4.78, 5) is 43.4. The van der Waals surface area contributed by atoms with Gasteiger partial charge in [0.25, 0.3) is 0 Å². The monoisotopic (exact) mass is 921 g/mol. The molecule has 0 aliphatic carbocycles. The maximum atomic E-state index is 15.4. The molecule has 2 atom stereocenters. The molecule has 13 nitrogen and oxygen atoms in total. The molecule has 3 aliphatic rings. The molecule has 2 aromatic heterocycles. The van der Waals surface area contributed by atoms with Gasteiger partial charge in [0.15, 0.2) is 16.7 Å². The number of hydrogen-bond acceptors (Lipinski definition) is 12. The summed E-state index contributed by atoms with van der Waals surface area (Å²) in [6, 6.07) is 10.1. The van der Waals surface area contributed by atoms with E-state index in [9.17, 15) is 23.5 Å². The second kappa shape index (κ2) is 20.1. The molecule has 0 unspecified atom stereocenters. The Morgan fingerprint density at radius 3 is 2.49 bits per heavy atom. The molecule has 2 saturated heterocycles. The number of thiazole rings is 1. The third-order valence-corrected chi connectivity index (χ3v) is 13.3. The van der Waals surface area contributed by atoms with E-state index in [4.69, 9.17) is 24.2 Å². The molecule has 65 heavy (non-hydrogen) atoms. The van der Waals surface area contributed by atoms with Gasteiger partial charge >= 0.3 is 0 Å². The number of nitrogens with zero attached hydrogens (tertiary/aromatic N) is 5. The molecule has 17 heteroatoms. The normalized spacial score (nSPS) is 19.1. The molecular weight excluding hydrogens is 860 g/mol. The zero-order chi connectivity index (χ0) is 46.7. The number of ether oxygens (including phenoxy) is 3. The van der Waals surface area contributed by atoms with Crippen LogP contribution in [0.3, 0.4) is 0 Å². The first-order valence-electron chi connectivity index (χ1n) is 22.4. The van der Waals surface area contributed by atoms with Gasteiger partial charge in [-0.3, -0.25) is 19.5 Å². The van der Waals surface area contributed by atoms with Crippen LogP contribution in [0.25, 0.3) is 11.3 Å². The largest absolute Gasteiger partial charge is 0.484 e. The maximum Gasteiger partial charge on any atom is 0.241 e. The average molecular weight is 922 g/mol. The van der Waals surface area contributed by atoms with E-state index >= 15 is 4.39 Å². The van der Waals surface area contributed by atoms with Crippen molar-refractivity contribution < 1.29 is 42.1 Å². The number of carbonyl (C=O) groups is 2. The van der Waals surface area contributed by atoms with Crippen LogP contribution in [0.2, 0.25) is 0 Å². The van der Waals surface area contributed by atoms with Crippen LogP contribution >= 0.6 is 11.3 Å². The van der Waals surface area contributed by atoms with Crippen molar-refractivity contribution in [2.45, 2.75) is 103 Å². The van der Waals surface area contributed by atoms with Gasteiger partial charge in [-0.25, -0.2) is 13.8 Å². The van der Waals surface area contributed by atoms with Gasteiger partial charge in [0.05, 0.1) is 61.3 Å². The summed E-state index contributed by atoms with van der Waals surface area (Å²) in [6.45, 7) is 17.7. The number of aliphatic hydroxyl groups is 1. The van der Waals surface area contributed by atoms with E-state index in [-0.39, 0.29) is 49.2 Å². The number of morpholine rings is 1. The molecule has 2 amide bonds. The lowest BCUT2D eigenvalue weighted by molar-refractivity contribution is -0.129. The molecule has 7 rings (SSSR count). The Bertz CT molecular complexity index is 2320. The van der Waals surface area contributed by atoms with Gasteiger partial charge in [-0.1, -0.05) is 26.0 Å². The number of fused-ring (bicyclic) bond motifs is 1. The first kappa shape index (κ1) is 48.3. The van der Waals surface area contributed by atoms with Crippen molar-refractivity contribution in [3.05, 3.63) is 87.8 Å². The fraction of sp³-hybridized carbons (Fsp3) is 0.542. The van der Waals surface area contributed by atoms with Crippen molar-refractivity contribution in [1.82, 2.24) is 25.5 Å². The molecule has 2 aromatic carbocycles. The number of aliphatic hydroxyl groups excluding tert-OH is 1. The topological polar surface area (TPSA) is 142 Å². The number of hydrogen-bond donors (Lipinski definition) is 3. The summed E-state index contributed by atoms with van der Waals surface area (Å²) in [5.74, 6) is -2.99. The van der Waals surface area contributed by atoms with Crippen LogP contribution in [-0.2, 0) is 37.5 Å². The van der Waals surface area contributed by atoms with Gasteiger partial charge in [-0.15, -0.1) is 11.3 Å². The van der Waals surface area contributed by atoms with Crippen LogP contribution in [0.15, 0.2) is 47.8 Å². The summed E-state index contributed by atoms with van der Waals surface area (Å²) in [5, 5.41) is 19.3. The smallest absolute Gasteiger partial charge is 0.241 e. The second-order valence-corrected chi connectivity index (χ2v) is 20.0. The first-order chi connectivity index (χ1) is 30.8. The van der Waals surface area contributed by atoms with E-state index in [1.54, 1.807) is 30.9 Å². The van der Waals surface area contributed by atoms with Crippen LogP contribution in [-0.4, -0.2) is 121 Å². The minimum atomic E-state index is -1.08. The van der Waals surface area contributed by atoms with E-state index < -0.39 is 34.3 Å². The van der Waals surface area contributed by atoms with Crippen LogP contribution in [0.4, 0.5) is 24.0 Å². The summed E-state index contributed by atoms with van der Waals surface area (Å²) in [6.07, 6.45) is 1.25. The minimum absolute atomic E-state index is 0.0153. The highest BCUT2D eigenvalue weighted by molar-refractivity contribution is 7.14. The Kier molecular flexibility index (Phi) is 14.9. The highest BCUT2D eigenvalue weighted by atomic mass is 32.1. The van der Waals surface area contributed by atoms with Crippen LogP contribution < -0.4 is 25.2 Å². The zero-order valence-corrected chi connectivity index (χ0v) is 39.3. The summed E-state index contributed by atoms with van der Waals surface area (Å²) >= 11 is 1.43. The van der Waals surface area contributed by atoms with Crippen LogP contribution in [0.5, 0.6) is 5.75 Å². The predicted octanol–water partition coefficient (Wildman–Crippen LogP) is 6.38. The molecule has 5 heterocycles. The van der Waals surface area contributed by atoms with Gasteiger partial charge in [0.2, 0.25) is 17.6 Å². The molecule has 0 saturated carbocycles. The number of anilines is 2. The molecule has 0 spiro atoms. The third kappa shape index (κ3) is 11.7. The number of piperazine rings is 1. The number of carbonyl (C=O) groups excluding carboxylic acids is 2. The van der Waals surface area contributed by atoms with E-state index in [1.807, 2.05) is 51.0 Å². The Balaban J connectivity index is 0.931. The van der Waals surface area contributed by atoms with Gasteiger partial charge in [0.1, 0.15) is 17.5 Å². The molecule has 0 radical (unpaired) electrons. The van der Waals surface area contributed by atoms with Gasteiger partial charge < -0.3 is 39.8 Å². The fourth-order valence-electron chi connectivity index (χ4n) is 8.55. The van der Waals surface area contributed by atoms with Crippen LogP contribution in [0.1, 0.15) is 83.8 Å². The Hall–Kier alpha value is -4.65. The Labute approximate surface area is 383 Å². The highest BCUT2D eigenvalue weighted by Gasteiger charge is 2.42. The average Bonchev–Trinajstić information content (AvgIpc) is 3.85. The molecule has 2 fully saturated rings. The minimum Gasteiger partial charge on any atom is -0.484 e. The lowest BCUT2D eigenvalue weighted by atomic mass is 9.90. The van der Waals surface area contributed by atoms with Crippen molar-refractivity contribution in [2.75, 3.05) is 75.4 Å². The second-order valence-electron chi connectivity index (χ2n) is 19.2. The van der Waals surface area contributed by atoms with Crippen molar-refractivity contribution in [2.24, 2.45) is 0 Å². The van der Waals surface area contributed by atoms with Crippen LogP contribution in [0, 0.1) is 17.5 Å². The van der Waals surface area contributed by atoms with E-state index in [0.717, 1.165) is 28.0 Å². The van der Waals surface area contributed by atoms with Crippen molar-refractivity contribution in [3.63, 3.8) is 0 Å². The number of amides is 2. The third-order valence-electron chi connectivity index (χ3n) is 12.4. The Morgan fingerprint density at radius 1 is 1.03 bits per heavy atom. The van der Waals surface area contributed by atoms with Crippen molar-refractivity contribution in [1.29, 1.82) is 0 Å². The van der Waals surface area contributed by atoms with Gasteiger partial charge in [0, 0.05) is 68.1 Å². The number of aromatic nitrogens is 2. The summed E-state index contributed by atoms with van der Waals surface area (Å²) in [7, 11) is 0. The molecule has 352 valence electrons. The molecule has 4 aromatic rings. The number of rotatable bonds is 17. The predicted molar refractivity (Wildman–Crippen MR) is 245 cm³/mol. The van der Waals surface area contributed by atoms with Gasteiger partial charge in [-0.2, -0.15) is 4.39 Å². The molecule has 0 bridgehead atoms. The molecule has 3 aliphatic heterocycles. The van der Waals surface area contributed by atoms with Crippen molar-refractivity contribution in [3.8, 4) is 17.0 Å². The Morgan fingerprint density at radius 2 is 1.77 bits per heavy atom. The fourth-order valence-corrected chi connectivity index (χ4v) is 9.43. The zero-order valence-electron chi connectivity index (χ0n) is 38.4. The molecular formula is C48H62F3N7O6S. The quantitative estimate of drug-likeness (QED) is 0.109. The first-order valence-corrected chi connectivity index (χ1v) is 23.2. The number of nitrogens with one attached hydrogen (secondary N) is 2. The van der Waals surface area contributed by atoms with E-state index in [1.165, 1.54) is 29.5 Å². The number of benzene rings is 2. The number of pyridine rings is 1. The lowest BCUT2D eigenvalue weighted by Crippen LogP contribution is -2.62. The van der Waals surface area contributed by atoms with Gasteiger partial charge in [-0.05, 0) is 88.9 Å². The highest BCUT2D eigenvalue weighted by Crippen LogP contribution is 2.42. The summed E-state index contributed by atoms with van der Waals surface area (Å²) < 4.78 is 61.6. The standard InChI is InChI=1S/C48H62F3N7O6S/c1-30-25-57(26-40(60)58-29-46(2,3)43-38(58)23-32(36(27-59)54-43)22-31-8-10-33(49)11-9-31)39(24-53-30)44(61)52-16-14-47(4,5)63-19-15-48(6,7)64-42-34(12-13-35(50)41(42)51)37-28-65-45(55-37)56-17-20-62-21-18-56/h8-13,23,28,30,39,53,59H,14-22,24-27,29H2,1-7H3,(H,52,61)/t30-,39-/m1/s1. The molecule has 3 N–H and O–H groups in total. The van der Waals surface area contributed by atoms with E-state index in [2.05, 4.69) is 15.5 Å². The summed E-state index contributed by atoms with van der Waals surface area (Å²) in [5.41, 5.74) is 2.32. The number of halogens is 3. The lowest BCUT2D eigenvalue weighted by Gasteiger charge is -2.38. The van der Waals surface area contributed by atoms with E-state index in [0.29, 0.717) is 94.4 Å². The maximum absolute atomic E-state index is 15.4. The van der Waals surface area contributed by atoms with Crippen molar-refractivity contribution >= 4 is 34.0 Å². The SMILES string of the molecule is C[C@@H]1CN(CC(=O)N2CC(C)(C)c3nc(CO)c(Cc4ccc(F)cc4)cc32)[C@@H](C(=O)NCCC(C)(C)OCCC(C)(C)Oc2c(-c3csc(N4CCOCC4)n3)ccc(F)c2F)CN1.